The Balaban J connectivity index is 1.57. The molecule has 7 heteroatoms. The minimum absolute atomic E-state index is 0.00104. The Hall–Kier alpha value is -3.42. The van der Waals surface area contributed by atoms with Gasteiger partial charge in [0.25, 0.3) is 5.56 Å². The van der Waals surface area contributed by atoms with E-state index in [0.29, 0.717) is 27.5 Å². The van der Waals surface area contributed by atoms with Gasteiger partial charge in [-0.1, -0.05) is 72.4 Å². The van der Waals surface area contributed by atoms with Crippen LogP contribution in [0.2, 0.25) is 0 Å². The molecule has 0 amide bonds. The van der Waals surface area contributed by atoms with Gasteiger partial charge in [0.15, 0.2) is 10.9 Å². The SMILES string of the molecule is COc1ccc(Cn2c(SCC(=O)c3ccccc3)nc3c(sc4ccccc43)c2=O)cc1. The van der Waals surface area contributed by atoms with Crippen molar-refractivity contribution in [3.8, 4) is 5.75 Å². The molecule has 3 aromatic carbocycles. The quantitative estimate of drug-likeness (QED) is 0.174. The largest absolute Gasteiger partial charge is 0.497 e. The van der Waals surface area contributed by atoms with E-state index >= 15 is 0 Å². The van der Waals surface area contributed by atoms with E-state index in [1.54, 1.807) is 23.8 Å². The third-order valence-corrected chi connectivity index (χ3v) is 7.50. The monoisotopic (exact) mass is 472 g/mol. The van der Waals surface area contributed by atoms with Gasteiger partial charge in [0.2, 0.25) is 0 Å². The van der Waals surface area contributed by atoms with Crippen LogP contribution in [0.5, 0.6) is 5.75 Å². The highest BCUT2D eigenvalue weighted by molar-refractivity contribution is 7.99. The lowest BCUT2D eigenvalue weighted by Crippen LogP contribution is -2.23. The maximum Gasteiger partial charge on any atom is 0.272 e. The van der Waals surface area contributed by atoms with Crippen LogP contribution in [0.3, 0.4) is 0 Å². The molecule has 0 saturated carbocycles. The smallest absolute Gasteiger partial charge is 0.272 e. The topological polar surface area (TPSA) is 61.2 Å². The Kier molecular flexibility index (Phi) is 5.98. The fraction of sp³-hybridized carbons (Fsp3) is 0.115. The summed E-state index contributed by atoms with van der Waals surface area (Å²) in [5.41, 5.74) is 2.21. The van der Waals surface area contributed by atoms with Crippen molar-refractivity contribution < 1.29 is 9.53 Å². The molecule has 0 saturated heterocycles. The number of thiophene rings is 1. The molecule has 0 spiro atoms. The minimum Gasteiger partial charge on any atom is -0.497 e. The Morgan fingerprint density at radius 3 is 2.48 bits per heavy atom. The molecule has 0 fully saturated rings. The van der Waals surface area contributed by atoms with Crippen molar-refractivity contribution in [2.75, 3.05) is 12.9 Å². The van der Waals surface area contributed by atoms with E-state index < -0.39 is 0 Å². The average molecular weight is 473 g/mol. The maximum absolute atomic E-state index is 13.6. The van der Waals surface area contributed by atoms with Crippen LogP contribution in [-0.4, -0.2) is 28.2 Å². The molecule has 0 atom stereocenters. The molecule has 2 aromatic heterocycles. The normalized spacial score (nSPS) is 11.2. The van der Waals surface area contributed by atoms with Crippen LogP contribution in [0.1, 0.15) is 15.9 Å². The van der Waals surface area contributed by atoms with Crippen molar-refractivity contribution in [2.45, 2.75) is 11.7 Å². The molecule has 5 nitrogen and oxygen atoms in total. The van der Waals surface area contributed by atoms with Crippen molar-refractivity contribution in [1.29, 1.82) is 0 Å². The van der Waals surface area contributed by atoms with Crippen LogP contribution in [0.15, 0.2) is 88.8 Å². The van der Waals surface area contributed by atoms with E-state index in [1.807, 2.05) is 66.7 Å². The zero-order valence-electron chi connectivity index (χ0n) is 17.9. The number of nitrogens with zero attached hydrogens (tertiary/aromatic N) is 2. The Bertz CT molecular complexity index is 1510. The average Bonchev–Trinajstić information content (AvgIpc) is 3.24. The highest BCUT2D eigenvalue weighted by atomic mass is 32.2. The van der Waals surface area contributed by atoms with Crippen LogP contribution >= 0.6 is 23.1 Å². The molecule has 5 rings (SSSR count). The van der Waals surface area contributed by atoms with E-state index in [9.17, 15) is 9.59 Å². The molecule has 2 heterocycles. The van der Waals surface area contributed by atoms with Crippen molar-refractivity contribution in [3.63, 3.8) is 0 Å². The van der Waals surface area contributed by atoms with Gasteiger partial charge in [-0.25, -0.2) is 4.98 Å². The highest BCUT2D eigenvalue weighted by Gasteiger charge is 2.18. The number of Topliss-reactive ketones (excluding diaryl/α,β-unsaturated/α-hetero) is 1. The first-order valence-corrected chi connectivity index (χ1v) is 12.2. The van der Waals surface area contributed by atoms with E-state index in [0.717, 1.165) is 21.4 Å². The predicted octanol–water partition coefficient (Wildman–Crippen LogP) is 5.64. The second-order valence-electron chi connectivity index (χ2n) is 7.49. The number of hydrogen-bond acceptors (Lipinski definition) is 6. The van der Waals surface area contributed by atoms with Crippen molar-refractivity contribution in [1.82, 2.24) is 9.55 Å². The highest BCUT2D eigenvalue weighted by Crippen LogP contribution is 2.32. The van der Waals surface area contributed by atoms with E-state index in [-0.39, 0.29) is 17.1 Å². The van der Waals surface area contributed by atoms with Gasteiger partial charge in [-0.05, 0) is 23.8 Å². The zero-order chi connectivity index (χ0) is 22.8. The second-order valence-corrected chi connectivity index (χ2v) is 9.48. The van der Waals surface area contributed by atoms with Gasteiger partial charge in [-0.15, -0.1) is 11.3 Å². The summed E-state index contributed by atoms with van der Waals surface area (Å²) in [6, 6.07) is 24.7. The summed E-state index contributed by atoms with van der Waals surface area (Å²) in [6.07, 6.45) is 0. The zero-order valence-corrected chi connectivity index (χ0v) is 19.5. The van der Waals surface area contributed by atoms with Gasteiger partial charge < -0.3 is 4.74 Å². The molecule has 33 heavy (non-hydrogen) atoms. The first-order valence-electron chi connectivity index (χ1n) is 10.4. The predicted molar refractivity (Wildman–Crippen MR) is 135 cm³/mol. The molecule has 0 aliphatic carbocycles. The van der Waals surface area contributed by atoms with Gasteiger partial charge in [-0.2, -0.15) is 0 Å². The molecule has 0 aliphatic rings. The maximum atomic E-state index is 13.6. The molecular formula is C26H20N2O3S2. The number of fused-ring (bicyclic) bond motifs is 3. The first-order chi connectivity index (χ1) is 16.1. The van der Waals surface area contributed by atoms with Crippen LogP contribution in [0.4, 0.5) is 0 Å². The lowest BCUT2D eigenvalue weighted by atomic mass is 10.2. The standard InChI is InChI=1S/C26H20N2O3S2/c1-31-19-13-11-17(12-14-19)15-28-25(30)24-23(20-9-5-6-10-22(20)33-24)27-26(28)32-16-21(29)18-7-3-2-4-8-18/h2-14H,15-16H2,1H3. The number of ether oxygens (including phenoxy) is 1. The van der Waals surface area contributed by atoms with Gasteiger partial charge in [0.1, 0.15) is 10.4 Å². The van der Waals surface area contributed by atoms with Crippen molar-refractivity contribution in [3.05, 3.63) is 100 Å². The number of benzene rings is 3. The van der Waals surface area contributed by atoms with E-state index in [4.69, 9.17) is 9.72 Å². The van der Waals surface area contributed by atoms with Crippen LogP contribution in [0.25, 0.3) is 20.3 Å². The fourth-order valence-electron chi connectivity index (χ4n) is 3.65. The summed E-state index contributed by atoms with van der Waals surface area (Å²) in [4.78, 5) is 31.2. The lowest BCUT2D eigenvalue weighted by molar-refractivity contribution is 0.102. The van der Waals surface area contributed by atoms with E-state index in [1.165, 1.54) is 23.1 Å². The summed E-state index contributed by atoms with van der Waals surface area (Å²) < 4.78 is 8.57. The van der Waals surface area contributed by atoms with Crippen molar-refractivity contribution in [2.24, 2.45) is 0 Å². The third kappa shape index (κ3) is 4.29. The summed E-state index contributed by atoms with van der Waals surface area (Å²) >= 11 is 2.76. The number of carbonyl (C=O) groups excluding carboxylic acids is 1. The van der Waals surface area contributed by atoms with Crippen LogP contribution in [-0.2, 0) is 6.54 Å². The number of ketones is 1. The molecule has 164 valence electrons. The molecule has 0 N–H and O–H groups in total. The van der Waals surface area contributed by atoms with E-state index in [2.05, 4.69) is 0 Å². The molecule has 0 aliphatic heterocycles. The van der Waals surface area contributed by atoms with Gasteiger partial charge in [-0.3, -0.25) is 14.2 Å². The number of aromatic nitrogens is 2. The van der Waals surface area contributed by atoms with Crippen molar-refractivity contribution >= 4 is 49.2 Å². The molecule has 0 unspecified atom stereocenters. The molecule has 0 radical (unpaired) electrons. The number of thioether (sulfide) groups is 1. The fourth-order valence-corrected chi connectivity index (χ4v) is 5.63. The second kappa shape index (κ2) is 9.21. The van der Waals surface area contributed by atoms with Crippen LogP contribution < -0.4 is 10.3 Å². The summed E-state index contributed by atoms with van der Waals surface area (Å²) in [7, 11) is 1.62. The van der Waals surface area contributed by atoms with Crippen LogP contribution in [0, 0.1) is 0 Å². The van der Waals surface area contributed by atoms with Gasteiger partial charge >= 0.3 is 0 Å². The Morgan fingerprint density at radius 2 is 1.73 bits per heavy atom. The summed E-state index contributed by atoms with van der Waals surface area (Å²) in [5, 5.41) is 1.50. The summed E-state index contributed by atoms with van der Waals surface area (Å²) in [5.74, 6) is 0.959. The minimum atomic E-state index is -0.0910. The third-order valence-electron chi connectivity index (χ3n) is 5.37. The number of hydrogen-bond donors (Lipinski definition) is 0. The molecular weight excluding hydrogens is 452 g/mol. The van der Waals surface area contributed by atoms with Gasteiger partial charge in [0, 0.05) is 15.6 Å². The number of carbonyl (C=O) groups is 1. The Morgan fingerprint density at radius 1 is 1.00 bits per heavy atom. The number of rotatable bonds is 7. The first kappa shape index (κ1) is 21.4. The van der Waals surface area contributed by atoms with Gasteiger partial charge in [0.05, 0.1) is 24.9 Å². The molecule has 0 bridgehead atoms. The summed E-state index contributed by atoms with van der Waals surface area (Å²) in [6.45, 7) is 0.363. The number of methoxy groups -OCH3 is 1. The Labute approximate surface area is 198 Å². The molecule has 5 aromatic rings. The lowest BCUT2D eigenvalue weighted by Gasteiger charge is -2.12.